The average molecular weight is 286 g/mol. The molecule has 1 aromatic rings. The second-order valence-electron chi connectivity index (χ2n) is 3.40. The molecule has 0 fully saturated rings. The molecule has 9 heteroatoms. The molecule has 0 aliphatic carbocycles. The van der Waals surface area contributed by atoms with Crippen LogP contribution in [0.25, 0.3) is 0 Å². The number of sulfonamides is 1. The molecular formula is C10H8F2N4O2S. The van der Waals surface area contributed by atoms with Gasteiger partial charge in [0.1, 0.15) is 18.0 Å². The molecule has 1 rings (SSSR count). The topological polar surface area (TPSA) is 111 Å². The fraction of sp³-hybridized carbons (Fsp3) is 0.200. The molecule has 0 aliphatic heterocycles. The van der Waals surface area contributed by atoms with E-state index >= 15 is 0 Å². The van der Waals surface area contributed by atoms with Gasteiger partial charge in [-0.15, -0.1) is 0 Å². The van der Waals surface area contributed by atoms with Gasteiger partial charge in [0.15, 0.2) is 11.6 Å². The van der Waals surface area contributed by atoms with Crippen molar-refractivity contribution in [3.63, 3.8) is 0 Å². The normalized spacial score (nSPS) is 11.0. The van der Waals surface area contributed by atoms with Crippen LogP contribution in [0.2, 0.25) is 0 Å². The summed E-state index contributed by atoms with van der Waals surface area (Å²) in [6, 6.07) is 4.41. The van der Waals surface area contributed by atoms with Gasteiger partial charge < -0.3 is 5.73 Å². The molecule has 0 spiro atoms. The smallest absolute Gasteiger partial charge is 0.248 e. The third-order valence-corrected chi connectivity index (χ3v) is 3.92. The van der Waals surface area contributed by atoms with Gasteiger partial charge in [-0.3, -0.25) is 0 Å². The number of rotatable bonds is 4. The number of halogens is 2. The number of nitriles is 2. The summed E-state index contributed by atoms with van der Waals surface area (Å²) in [5.74, 6) is -3.03. The number of nitrogens with two attached hydrogens (primary N) is 1. The minimum absolute atomic E-state index is 0.286. The molecule has 0 atom stereocenters. The summed E-state index contributed by atoms with van der Waals surface area (Å²) in [6.45, 7) is -1.32. The zero-order chi connectivity index (χ0) is 14.6. The van der Waals surface area contributed by atoms with E-state index in [1.807, 2.05) is 0 Å². The Balaban J connectivity index is 3.43. The van der Waals surface area contributed by atoms with Gasteiger partial charge in [0.2, 0.25) is 10.0 Å². The van der Waals surface area contributed by atoms with Crippen molar-refractivity contribution < 1.29 is 17.2 Å². The Kier molecular flexibility index (Phi) is 4.38. The van der Waals surface area contributed by atoms with Crippen molar-refractivity contribution in [1.82, 2.24) is 4.31 Å². The van der Waals surface area contributed by atoms with Crippen LogP contribution in [0.4, 0.5) is 14.5 Å². The summed E-state index contributed by atoms with van der Waals surface area (Å²) in [4.78, 5) is -1.00. The van der Waals surface area contributed by atoms with E-state index < -0.39 is 39.6 Å². The van der Waals surface area contributed by atoms with Crippen LogP contribution in [0, 0.1) is 34.3 Å². The van der Waals surface area contributed by atoms with Crippen molar-refractivity contribution >= 4 is 15.7 Å². The minimum Gasteiger partial charge on any atom is -0.399 e. The monoisotopic (exact) mass is 286 g/mol. The molecule has 1 aromatic carbocycles. The van der Waals surface area contributed by atoms with Crippen LogP contribution in [-0.2, 0) is 10.0 Å². The fourth-order valence-electron chi connectivity index (χ4n) is 1.29. The Bertz CT molecular complexity index is 660. The van der Waals surface area contributed by atoms with Gasteiger partial charge in [0, 0.05) is 5.69 Å². The molecule has 2 N–H and O–H groups in total. The van der Waals surface area contributed by atoms with Crippen molar-refractivity contribution in [2.75, 3.05) is 18.8 Å². The summed E-state index contributed by atoms with van der Waals surface area (Å²) >= 11 is 0. The lowest BCUT2D eigenvalue weighted by Crippen LogP contribution is -2.32. The Morgan fingerprint density at radius 3 is 2.21 bits per heavy atom. The van der Waals surface area contributed by atoms with Gasteiger partial charge in [0.05, 0.1) is 12.1 Å². The SMILES string of the molecule is N#CCN(CC#N)S(=O)(=O)c1cc(N)cc(F)c1F. The summed E-state index contributed by atoms with van der Waals surface area (Å²) < 4.78 is 51.1. The predicted octanol–water partition coefficient (Wildman–Crippen LogP) is 0.585. The molecule has 0 radical (unpaired) electrons. The van der Waals surface area contributed by atoms with E-state index in [1.165, 1.54) is 12.1 Å². The molecule has 19 heavy (non-hydrogen) atoms. The maximum atomic E-state index is 13.5. The Hall–Kier alpha value is -2.23. The highest BCUT2D eigenvalue weighted by molar-refractivity contribution is 7.89. The number of benzene rings is 1. The Morgan fingerprint density at radius 1 is 1.21 bits per heavy atom. The number of nitrogens with zero attached hydrogens (tertiary/aromatic N) is 3. The largest absolute Gasteiger partial charge is 0.399 e. The molecule has 0 heterocycles. The maximum Gasteiger partial charge on any atom is 0.248 e. The molecule has 0 bridgehead atoms. The highest BCUT2D eigenvalue weighted by atomic mass is 32.2. The van der Waals surface area contributed by atoms with Crippen LogP contribution >= 0.6 is 0 Å². The molecule has 0 saturated heterocycles. The first-order valence-corrected chi connectivity index (χ1v) is 6.27. The van der Waals surface area contributed by atoms with E-state index in [0.717, 1.165) is 6.07 Å². The number of hydrogen-bond acceptors (Lipinski definition) is 5. The van der Waals surface area contributed by atoms with Crippen LogP contribution in [-0.4, -0.2) is 25.8 Å². The lowest BCUT2D eigenvalue weighted by atomic mass is 10.3. The minimum atomic E-state index is -4.51. The first-order valence-electron chi connectivity index (χ1n) is 4.83. The summed E-state index contributed by atoms with van der Waals surface area (Å²) in [5.41, 5.74) is 4.97. The maximum absolute atomic E-state index is 13.5. The quantitative estimate of drug-likeness (QED) is 0.643. The second-order valence-corrected chi connectivity index (χ2v) is 5.31. The highest BCUT2D eigenvalue weighted by Crippen LogP contribution is 2.24. The molecule has 0 unspecified atom stereocenters. The molecule has 6 nitrogen and oxygen atoms in total. The summed E-state index contributed by atoms with van der Waals surface area (Å²) in [5, 5.41) is 17.0. The number of hydrogen-bond donors (Lipinski definition) is 1. The summed E-state index contributed by atoms with van der Waals surface area (Å²) in [6.07, 6.45) is 0. The van der Waals surface area contributed by atoms with Crippen LogP contribution < -0.4 is 5.73 Å². The zero-order valence-electron chi connectivity index (χ0n) is 9.47. The third-order valence-electron chi connectivity index (χ3n) is 2.13. The highest BCUT2D eigenvalue weighted by Gasteiger charge is 2.29. The molecule has 100 valence electrons. The van der Waals surface area contributed by atoms with Gasteiger partial charge in [-0.05, 0) is 12.1 Å². The van der Waals surface area contributed by atoms with Crippen molar-refractivity contribution in [2.45, 2.75) is 4.90 Å². The standard InChI is InChI=1S/C10H8F2N4O2S/c11-8-5-7(15)6-9(10(8)12)19(17,18)16(3-1-13)4-2-14/h5-6H,3-4,15H2. The van der Waals surface area contributed by atoms with E-state index in [2.05, 4.69) is 0 Å². The van der Waals surface area contributed by atoms with Crippen molar-refractivity contribution in [3.05, 3.63) is 23.8 Å². The van der Waals surface area contributed by atoms with E-state index in [4.69, 9.17) is 16.3 Å². The van der Waals surface area contributed by atoms with E-state index in [-0.39, 0.29) is 5.69 Å². The lowest BCUT2D eigenvalue weighted by Gasteiger charge is -2.16. The molecular weight excluding hydrogens is 278 g/mol. The Morgan fingerprint density at radius 2 is 1.74 bits per heavy atom. The number of anilines is 1. The first-order chi connectivity index (χ1) is 8.84. The van der Waals surface area contributed by atoms with Crippen molar-refractivity contribution in [3.8, 4) is 12.1 Å². The van der Waals surface area contributed by atoms with E-state index in [9.17, 15) is 17.2 Å². The first kappa shape index (κ1) is 14.8. The molecule has 0 aromatic heterocycles. The van der Waals surface area contributed by atoms with Gasteiger partial charge >= 0.3 is 0 Å². The Labute approximate surface area is 108 Å². The van der Waals surface area contributed by atoms with Gasteiger partial charge in [-0.1, -0.05) is 0 Å². The van der Waals surface area contributed by atoms with Crippen molar-refractivity contribution in [2.24, 2.45) is 0 Å². The van der Waals surface area contributed by atoms with Gasteiger partial charge in [0.25, 0.3) is 0 Å². The van der Waals surface area contributed by atoms with E-state index in [1.54, 1.807) is 0 Å². The van der Waals surface area contributed by atoms with Gasteiger partial charge in [-0.25, -0.2) is 17.2 Å². The fourth-order valence-corrected chi connectivity index (χ4v) is 2.64. The van der Waals surface area contributed by atoms with Crippen LogP contribution in [0.3, 0.4) is 0 Å². The van der Waals surface area contributed by atoms with E-state index in [0.29, 0.717) is 10.4 Å². The van der Waals surface area contributed by atoms with Crippen LogP contribution in [0.5, 0.6) is 0 Å². The molecule has 0 saturated carbocycles. The second kappa shape index (κ2) is 5.61. The van der Waals surface area contributed by atoms with Crippen LogP contribution in [0.15, 0.2) is 17.0 Å². The molecule has 0 amide bonds. The van der Waals surface area contributed by atoms with Crippen LogP contribution in [0.1, 0.15) is 0 Å². The van der Waals surface area contributed by atoms with Gasteiger partial charge in [-0.2, -0.15) is 14.8 Å². The molecule has 0 aliphatic rings. The third kappa shape index (κ3) is 2.96. The summed E-state index contributed by atoms with van der Waals surface area (Å²) in [7, 11) is -4.51. The number of nitrogen functional groups attached to an aromatic ring is 1. The van der Waals surface area contributed by atoms with Crippen molar-refractivity contribution in [1.29, 1.82) is 10.5 Å². The average Bonchev–Trinajstić information content (AvgIpc) is 2.33. The zero-order valence-corrected chi connectivity index (χ0v) is 10.3. The lowest BCUT2D eigenvalue weighted by molar-refractivity contribution is 0.455. The predicted molar refractivity (Wildman–Crippen MR) is 60.8 cm³/mol.